The Labute approximate surface area is 115 Å². The first kappa shape index (κ1) is 13.8. The largest absolute Gasteiger partial charge is 0.465 e. The summed E-state index contributed by atoms with van der Waals surface area (Å²) in [5, 5.41) is 17.6. The lowest BCUT2D eigenvalue weighted by atomic mass is 10.2. The molecule has 0 amide bonds. The summed E-state index contributed by atoms with van der Waals surface area (Å²) in [4.78, 5) is 11.5. The Kier molecular flexibility index (Phi) is 4.01. The number of aliphatic hydroxyl groups is 1. The molecule has 1 atom stereocenters. The Balaban J connectivity index is 2.44. The highest BCUT2D eigenvalue weighted by molar-refractivity contribution is 6.33. The molecule has 0 aliphatic carbocycles. The van der Waals surface area contributed by atoms with Crippen molar-refractivity contribution in [2.75, 3.05) is 7.11 Å². The average molecular weight is 284 g/mol. The molecular weight excluding hydrogens is 270 g/mol. The summed E-state index contributed by atoms with van der Waals surface area (Å²) >= 11 is 6.06. The van der Waals surface area contributed by atoms with Gasteiger partial charge < -0.3 is 9.84 Å². The number of halogens is 1. The van der Waals surface area contributed by atoms with Gasteiger partial charge in [-0.2, -0.15) is 0 Å². The first-order chi connectivity index (χ1) is 9.02. The highest BCUT2D eigenvalue weighted by Crippen LogP contribution is 2.19. The molecule has 0 aromatic carbocycles. The molecule has 1 unspecified atom stereocenters. The van der Waals surface area contributed by atoms with Crippen molar-refractivity contribution < 1.29 is 14.6 Å². The van der Waals surface area contributed by atoms with E-state index < -0.39 is 12.1 Å². The molecule has 1 N–H and O–H groups in total. The Morgan fingerprint density at radius 3 is 2.95 bits per heavy atom. The number of esters is 1. The SMILES string of the molecule is COC(=O)c1cc(Cl)c2nnc(CCC(C)O)n2c1. The van der Waals surface area contributed by atoms with Gasteiger partial charge in [0.2, 0.25) is 0 Å². The van der Waals surface area contributed by atoms with Gasteiger partial charge >= 0.3 is 5.97 Å². The Bertz CT molecular complexity index is 610. The van der Waals surface area contributed by atoms with E-state index in [0.29, 0.717) is 34.9 Å². The summed E-state index contributed by atoms with van der Waals surface area (Å²) in [5.41, 5.74) is 0.813. The lowest BCUT2D eigenvalue weighted by Crippen LogP contribution is -2.07. The zero-order chi connectivity index (χ0) is 14.0. The number of hydrogen-bond donors (Lipinski definition) is 1. The highest BCUT2D eigenvalue weighted by atomic mass is 35.5. The molecule has 0 bridgehead atoms. The third-order valence-electron chi connectivity index (χ3n) is 2.74. The van der Waals surface area contributed by atoms with Gasteiger partial charge in [-0.05, 0) is 19.4 Å². The van der Waals surface area contributed by atoms with Gasteiger partial charge in [0.05, 0.1) is 23.8 Å². The van der Waals surface area contributed by atoms with Crippen LogP contribution in [0.25, 0.3) is 5.65 Å². The summed E-state index contributed by atoms with van der Waals surface area (Å²) < 4.78 is 6.31. The average Bonchev–Trinajstić information content (AvgIpc) is 2.79. The van der Waals surface area contributed by atoms with Gasteiger partial charge in [-0.3, -0.25) is 4.40 Å². The predicted molar refractivity (Wildman–Crippen MR) is 69.3 cm³/mol. The van der Waals surface area contributed by atoms with E-state index in [1.807, 2.05) is 0 Å². The van der Waals surface area contributed by atoms with Gasteiger partial charge in [-0.25, -0.2) is 4.79 Å². The minimum absolute atomic E-state index is 0.332. The highest BCUT2D eigenvalue weighted by Gasteiger charge is 2.14. The van der Waals surface area contributed by atoms with Crippen molar-refractivity contribution >= 4 is 23.2 Å². The van der Waals surface area contributed by atoms with Crippen LogP contribution in [0.4, 0.5) is 0 Å². The number of pyridine rings is 1. The molecule has 0 aliphatic rings. The molecule has 7 heteroatoms. The predicted octanol–water partition coefficient (Wildman–Crippen LogP) is 1.48. The van der Waals surface area contributed by atoms with Crippen LogP contribution in [0.2, 0.25) is 5.02 Å². The minimum atomic E-state index is -0.473. The van der Waals surface area contributed by atoms with E-state index in [4.69, 9.17) is 11.6 Å². The Morgan fingerprint density at radius 2 is 2.32 bits per heavy atom. The van der Waals surface area contributed by atoms with E-state index in [2.05, 4.69) is 14.9 Å². The molecule has 0 saturated carbocycles. The summed E-state index contributed by atoms with van der Waals surface area (Å²) in [5.74, 6) is 0.169. The van der Waals surface area contributed by atoms with Crippen LogP contribution in [0, 0.1) is 0 Å². The van der Waals surface area contributed by atoms with E-state index in [0.717, 1.165) is 0 Å². The number of nitrogens with zero attached hydrogens (tertiary/aromatic N) is 3. The van der Waals surface area contributed by atoms with Crippen molar-refractivity contribution in [2.24, 2.45) is 0 Å². The van der Waals surface area contributed by atoms with Crippen LogP contribution in [0.15, 0.2) is 12.3 Å². The molecule has 2 aromatic rings. The molecular formula is C12H14ClN3O3. The quantitative estimate of drug-likeness (QED) is 0.860. The second-order valence-electron chi connectivity index (χ2n) is 4.27. The van der Waals surface area contributed by atoms with E-state index >= 15 is 0 Å². The Hall–Kier alpha value is -1.66. The summed E-state index contributed by atoms with van der Waals surface area (Å²) in [6.45, 7) is 1.70. The molecule has 2 heterocycles. The van der Waals surface area contributed by atoms with Crippen LogP contribution >= 0.6 is 11.6 Å². The number of carbonyl (C=O) groups excluding carboxylic acids is 1. The molecule has 0 saturated heterocycles. The second kappa shape index (κ2) is 5.54. The number of carbonyl (C=O) groups is 1. The summed E-state index contributed by atoms with van der Waals surface area (Å²) in [7, 11) is 1.31. The fourth-order valence-corrected chi connectivity index (χ4v) is 1.98. The van der Waals surface area contributed by atoms with E-state index in [1.165, 1.54) is 13.2 Å². The minimum Gasteiger partial charge on any atom is -0.465 e. The number of aromatic nitrogens is 3. The fourth-order valence-electron chi connectivity index (χ4n) is 1.74. The van der Waals surface area contributed by atoms with Gasteiger partial charge in [-0.15, -0.1) is 10.2 Å². The number of ether oxygens (including phenoxy) is 1. The molecule has 0 aliphatic heterocycles. The van der Waals surface area contributed by atoms with Crippen LogP contribution in [-0.4, -0.2) is 38.9 Å². The number of methoxy groups -OCH3 is 1. The lowest BCUT2D eigenvalue weighted by molar-refractivity contribution is 0.0600. The zero-order valence-electron chi connectivity index (χ0n) is 10.6. The molecule has 0 fully saturated rings. The van der Waals surface area contributed by atoms with Crippen LogP contribution < -0.4 is 0 Å². The lowest BCUT2D eigenvalue weighted by Gasteiger charge is -2.05. The third kappa shape index (κ3) is 2.85. The number of aliphatic hydroxyl groups excluding tert-OH is 1. The van der Waals surface area contributed by atoms with Gasteiger partial charge in [0.25, 0.3) is 0 Å². The van der Waals surface area contributed by atoms with Crippen molar-refractivity contribution in [3.05, 3.63) is 28.7 Å². The van der Waals surface area contributed by atoms with Crippen LogP contribution in [0.3, 0.4) is 0 Å². The first-order valence-corrected chi connectivity index (χ1v) is 6.20. The summed E-state index contributed by atoms with van der Waals surface area (Å²) in [6, 6.07) is 1.50. The van der Waals surface area contributed by atoms with Crippen molar-refractivity contribution in [2.45, 2.75) is 25.9 Å². The van der Waals surface area contributed by atoms with E-state index in [-0.39, 0.29) is 0 Å². The maximum Gasteiger partial charge on any atom is 0.339 e. The molecule has 102 valence electrons. The third-order valence-corrected chi connectivity index (χ3v) is 3.02. The van der Waals surface area contributed by atoms with Gasteiger partial charge in [0.15, 0.2) is 5.65 Å². The number of rotatable bonds is 4. The van der Waals surface area contributed by atoms with Crippen molar-refractivity contribution in [1.29, 1.82) is 0 Å². The molecule has 0 spiro atoms. The van der Waals surface area contributed by atoms with E-state index in [1.54, 1.807) is 17.5 Å². The molecule has 2 aromatic heterocycles. The first-order valence-electron chi connectivity index (χ1n) is 5.82. The molecule has 6 nitrogen and oxygen atoms in total. The monoisotopic (exact) mass is 283 g/mol. The standard InChI is InChI=1S/C12H14ClN3O3/c1-7(17)3-4-10-14-15-11-9(13)5-8(6-16(10)11)12(18)19-2/h5-7,17H,3-4H2,1-2H3. The van der Waals surface area contributed by atoms with Crippen molar-refractivity contribution in [1.82, 2.24) is 14.6 Å². The van der Waals surface area contributed by atoms with Crippen LogP contribution in [-0.2, 0) is 11.2 Å². The smallest absolute Gasteiger partial charge is 0.339 e. The zero-order valence-corrected chi connectivity index (χ0v) is 11.4. The number of fused-ring (bicyclic) bond motifs is 1. The second-order valence-corrected chi connectivity index (χ2v) is 4.67. The van der Waals surface area contributed by atoms with Crippen molar-refractivity contribution in [3.63, 3.8) is 0 Å². The molecule has 0 radical (unpaired) electrons. The fraction of sp³-hybridized carbons (Fsp3) is 0.417. The van der Waals surface area contributed by atoms with Crippen LogP contribution in [0.5, 0.6) is 0 Å². The van der Waals surface area contributed by atoms with Gasteiger partial charge in [0, 0.05) is 12.6 Å². The number of aryl methyl sites for hydroxylation is 1. The normalized spacial score (nSPS) is 12.6. The van der Waals surface area contributed by atoms with E-state index in [9.17, 15) is 9.90 Å². The molecule has 19 heavy (non-hydrogen) atoms. The Morgan fingerprint density at radius 1 is 1.58 bits per heavy atom. The van der Waals surface area contributed by atoms with Crippen molar-refractivity contribution in [3.8, 4) is 0 Å². The number of hydrogen-bond acceptors (Lipinski definition) is 5. The molecule has 2 rings (SSSR count). The topological polar surface area (TPSA) is 76.7 Å². The van der Waals surface area contributed by atoms with Crippen LogP contribution in [0.1, 0.15) is 29.5 Å². The van der Waals surface area contributed by atoms with Gasteiger partial charge in [0.1, 0.15) is 5.82 Å². The van der Waals surface area contributed by atoms with Gasteiger partial charge in [-0.1, -0.05) is 11.6 Å². The maximum absolute atomic E-state index is 11.5. The maximum atomic E-state index is 11.5. The summed E-state index contributed by atoms with van der Waals surface area (Å²) in [6.07, 6.45) is 2.26.